The summed E-state index contributed by atoms with van der Waals surface area (Å²) in [5.74, 6) is 0.800. The van der Waals surface area contributed by atoms with E-state index < -0.39 is 0 Å². The number of hydrogen-bond donors (Lipinski definition) is 0. The topological polar surface area (TPSA) is 51.7 Å². The summed E-state index contributed by atoms with van der Waals surface area (Å²) in [6.45, 7) is 3.23. The van der Waals surface area contributed by atoms with Crippen molar-refractivity contribution in [3.8, 4) is 5.75 Å². The van der Waals surface area contributed by atoms with Crippen LogP contribution in [0.3, 0.4) is 0 Å². The van der Waals surface area contributed by atoms with Crippen molar-refractivity contribution in [3.63, 3.8) is 0 Å². The van der Waals surface area contributed by atoms with E-state index in [0.29, 0.717) is 6.54 Å². The number of benzene rings is 1. The van der Waals surface area contributed by atoms with Crippen molar-refractivity contribution in [2.75, 3.05) is 18.6 Å². The van der Waals surface area contributed by atoms with Crippen LogP contribution in [0.1, 0.15) is 25.3 Å². The molecule has 1 aliphatic rings. The molecule has 2 aromatic rings. The van der Waals surface area contributed by atoms with E-state index in [0.717, 1.165) is 36.4 Å². The molecule has 0 bridgehead atoms. The molecular formula is C20H24N2O3. The zero-order valence-electron chi connectivity index (χ0n) is 14.7. The Morgan fingerprint density at radius 2 is 1.96 bits per heavy atom. The van der Waals surface area contributed by atoms with Gasteiger partial charge in [-0.2, -0.15) is 0 Å². The summed E-state index contributed by atoms with van der Waals surface area (Å²) in [7, 11) is 1.65. The number of hydrogen-bond acceptors (Lipinski definition) is 4. The van der Waals surface area contributed by atoms with Gasteiger partial charge in [0.05, 0.1) is 25.7 Å². The Hall–Kier alpha value is -2.40. The van der Waals surface area contributed by atoms with E-state index in [9.17, 15) is 4.79 Å². The smallest absolute Gasteiger partial charge is 0.233 e. The van der Waals surface area contributed by atoms with E-state index >= 15 is 0 Å². The van der Waals surface area contributed by atoms with Crippen molar-refractivity contribution in [3.05, 3.63) is 54.4 Å². The van der Waals surface area contributed by atoms with Gasteiger partial charge in [-0.1, -0.05) is 12.1 Å². The number of carbonyl (C=O) groups is 1. The zero-order valence-corrected chi connectivity index (χ0v) is 14.7. The Labute approximate surface area is 148 Å². The molecule has 0 aliphatic carbocycles. The SMILES string of the molecule is COc1ccc(CN(C(=O)C2CCCOC2C)c2ccncc2)cc1. The first-order valence-electron chi connectivity index (χ1n) is 8.65. The van der Waals surface area contributed by atoms with Crippen LogP contribution in [0.4, 0.5) is 5.69 Å². The van der Waals surface area contributed by atoms with Crippen molar-refractivity contribution in [1.82, 2.24) is 4.98 Å². The number of carbonyl (C=O) groups excluding carboxylic acids is 1. The number of anilines is 1. The largest absolute Gasteiger partial charge is 0.497 e. The van der Waals surface area contributed by atoms with Crippen LogP contribution in [0.5, 0.6) is 5.75 Å². The van der Waals surface area contributed by atoms with Gasteiger partial charge in [0.15, 0.2) is 0 Å². The second kappa shape index (κ2) is 8.12. The predicted octanol–water partition coefficient (Wildman–Crippen LogP) is 3.44. The summed E-state index contributed by atoms with van der Waals surface area (Å²) in [5.41, 5.74) is 1.91. The number of amides is 1. The van der Waals surface area contributed by atoms with Crippen LogP contribution in [0.2, 0.25) is 0 Å². The number of rotatable bonds is 5. The van der Waals surface area contributed by atoms with E-state index in [4.69, 9.17) is 9.47 Å². The maximum absolute atomic E-state index is 13.2. The molecule has 0 spiro atoms. The first-order chi connectivity index (χ1) is 12.2. The van der Waals surface area contributed by atoms with Gasteiger partial charge in [0.1, 0.15) is 5.75 Å². The minimum atomic E-state index is -0.111. The van der Waals surface area contributed by atoms with E-state index in [1.807, 2.05) is 48.2 Å². The third kappa shape index (κ3) is 4.17. The predicted molar refractivity (Wildman–Crippen MR) is 96.6 cm³/mol. The molecule has 2 unspecified atom stereocenters. The lowest BCUT2D eigenvalue weighted by Gasteiger charge is -2.33. The van der Waals surface area contributed by atoms with Gasteiger partial charge in [0.2, 0.25) is 5.91 Å². The molecule has 1 saturated heterocycles. The lowest BCUT2D eigenvalue weighted by atomic mass is 9.93. The van der Waals surface area contributed by atoms with E-state index in [2.05, 4.69) is 4.98 Å². The summed E-state index contributed by atoms with van der Waals surface area (Å²) >= 11 is 0. The Morgan fingerprint density at radius 1 is 1.24 bits per heavy atom. The van der Waals surface area contributed by atoms with E-state index in [-0.39, 0.29) is 17.9 Å². The van der Waals surface area contributed by atoms with Crippen molar-refractivity contribution in [2.24, 2.45) is 5.92 Å². The fourth-order valence-electron chi connectivity index (χ4n) is 3.18. The number of nitrogens with zero attached hydrogens (tertiary/aromatic N) is 2. The number of pyridine rings is 1. The van der Waals surface area contributed by atoms with Crippen LogP contribution in [0.15, 0.2) is 48.8 Å². The third-order valence-corrected chi connectivity index (χ3v) is 4.66. The molecule has 5 heteroatoms. The van der Waals surface area contributed by atoms with Gasteiger partial charge < -0.3 is 14.4 Å². The summed E-state index contributed by atoms with van der Waals surface area (Å²) in [5, 5.41) is 0. The Kier molecular flexibility index (Phi) is 5.66. The van der Waals surface area contributed by atoms with Gasteiger partial charge in [-0.3, -0.25) is 9.78 Å². The van der Waals surface area contributed by atoms with Gasteiger partial charge >= 0.3 is 0 Å². The highest BCUT2D eigenvalue weighted by Gasteiger charge is 2.32. The molecule has 3 rings (SSSR count). The third-order valence-electron chi connectivity index (χ3n) is 4.66. The van der Waals surface area contributed by atoms with E-state index in [1.54, 1.807) is 19.5 Å². The molecule has 0 radical (unpaired) electrons. The lowest BCUT2D eigenvalue weighted by molar-refractivity contribution is -0.130. The Morgan fingerprint density at radius 3 is 2.60 bits per heavy atom. The highest BCUT2D eigenvalue weighted by atomic mass is 16.5. The van der Waals surface area contributed by atoms with Crippen LogP contribution < -0.4 is 9.64 Å². The Bertz CT molecular complexity index is 688. The van der Waals surface area contributed by atoms with Crippen molar-refractivity contribution < 1.29 is 14.3 Å². The van der Waals surface area contributed by atoms with Crippen LogP contribution in [-0.4, -0.2) is 30.7 Å². The summed E-state index contributed by atoms with van der Waals surface area (Å²) in [4.78, 5) is 19.1. The standard InChI is InChI=1S/C20H24N2O3/c1-15-19(4-3-13-25-15)20(23)22(17-9-11-21-12-10-17)14-16-5-7-18(24-2)8-6-16/h5-12,15,19H,3-4,13-14H2,1-2H3. The maximum Gasteiger partial charge on any atom is 0.233 e. The molecular weight excluding hydrogens is 316 g/mol. The molecule has 0 saturated carbocycles. The molecule has 25 heavy (non-hydrogen) atoms. The van der Waals surface area contributed by atoms with Gasteiger partial charge in [-0.15, -0.1) is 0 Å². The van der Waals surface area contributed by atoms with Gasteiger partial charge in [-0.05, 0) is 49.6 Å². The molecule has 2 heterocycles. The van der Waals surface area contributed by atoms with Crippen molar-refractivity contribution in [1.29, 1.82) is 0 Å². The lowest BCUT2D eigenvalue weighted by Crippen LogP contribution is -2.42. The fraction of sp³-hybridized carbons (Fsp3) is 0.400. The van der Waals surface area contributed by atoms with Gasteiger partial charge in [-0.25, -0.2) is 0 Å². The molecule has 1 aromatic carbocycles. The van der Waals surface area contributed by atoms with Crippen LogP contribution in [0.25, 0.3) is 0 Å². The second-order valence-electron chi connectivity index (χ2n) is 6.30. The van der Waals surface area contributed by atoms with Crippen LogP contribution in [0, 0.1) is 5.92 Å². The summed E-state index contributed by atoms with van der Waals surface area (Å²) < 4.78 is 10.9. The minimum Gasteiger partial charge on any atom is -0.497 e. The maximum atomic E-state index is 13.2. The summed E-state index contributed by atoms with van der Waals surface area (Å²) in [6, 6.07) is 11.5. The molecule has 1 aromatic heterocycles. The molecule has 5 nitrogen and oxygen atoms in total. The zero-order chi connectivity index (χ0) is 17.6. The first-order valence-corrected chi connectivity index (χ1v) is 8.65. The highest BCUT2D eigenvalue weighted by molar-refractivity contribution is 5.95. The highest BCUT2D eigenvalue weighted by Crippen LogP contribution is 2.27. The van der Waals surface area contributed by atoms with Crippen molar-refractivity contribution >= 4 is 11.6 Å². The number of ether oxygens (including phenoxy) is 2. The quantitative estimate of drug-likeness (QED) is 0.837. The minimum absolute atomic E-state index is 0.0542. The molecule has 2 atom stereocenters. The van der Waals surface area contributed by atoms with Gasteiger partial charge in [0, 0.05) is 24.7 Å². The summed E-state index contributed by atoms with van der Waals surface area (Å²) in [6.07, 6.45) is 5.16. The molecule has 1 aliphatic heterocycles. The monoisotopic (exact) mass is 340 g/mol. The van der Waals surface area contributed by atoms with Crippen LogP contribution in [-0.2, 0) is 16.1 Å². The molecule has 1 amide bonds. The number of aromatic nitrogens is 1. The average molecular weight is 340 g/mol. The van der Waals surface area contributed by atoms with Crippen LogP contribution >= 0.6 is 0 Å². The average Bonchev–Trinajstić information content (AvgIpc) is 2.67. The van der Waals surface area contributed by atoms with Gasteiger partial charge in [0.25, 0.3) is 0 Å². The van der Waals surface area contributed by atoms with E-state index in [1.165, 1.54) is 0 Å². The molecule has 132 valence electrons. The second-order valence-corrected chi connectivity index (χ2v) is 6.30. The Balaban J connectivity index is 1.85. The molecule has 0 N–H and O–H groups in total. The molecule has 1 fully saturated rings. The van der Waals surface area contributed by atoms with Crippen molar-refractivity contribution in [2.45, 2.75) is 32.4 Å². The fourth-order valence-corrected chi connectivity index (χ4v) is 3.18. The number of methoxy groups -OCH3 is 1. The first kappa shape index (κ1) is 17.4. The normalized spacial score (nSPS) is 20.1.